The van der Waals surface area contributed by atoms with Gasteiger partial charge in [0.25, 0.3) is 11.8 Å². The number of carbonyl (C=O) groups excluding carboxylic acids is 4. The van der Waals surface area contributed by atoms with Crippen molar-refractivity contribution >= 4 is 46.8 Å². The summed E-state index contributed by atoms with van der Waals surface area (Å²) >= 11 is 0. The van der Waals surface area contributed by atoms with Crippen LogP contribution in [-0.2, 0) is 29.1 Å². The first-order valence-electron chi connectivity index (χ1n) is 21.6. The van der Waals surface area contributed by atoms with Gasteiger partial charge in [-0.3, -0.25) is 29.8 Å². The van der Waals surface area contributed by atoms with Crippen LogP contribution in [0, 0.1) is 11.8 Å². The lowest BCUT2D eigenvalue weighted by atomic mass is 9.99. The third-order valence-corrected chi connectivity index (χ3v) is 11.7. The summed E-state index contributed by atoms with van der Waals surface area (Å²) in [5.41, 5.74) is 9.65. The van der Waals surface area contributed by atoms with Crippen LogP contribution in [0.15, 0.2) is 140 Å². The van der Waals surface area contributed by atoms with Crippen LogP contribution in [0.1, 0.15) is 63.1 Å². The molecule has 4 aromatic heterocycles. The molecule has 0 atom stereocenters. The molecule has 64 heavy (non-hydrogen) atoms. The number of rotatable bonds is 10. The maximum atomic E-state index is 13.1. The van der Waals surface area contributed by atoms with Gasteiger partial charge >= 0.3 is 0 Å². The largest absolute Gasteiger partial charge is 0.348 e. The van der Waals surface area contributed by atoms with Crippen molar-refractivity contribution in [3.05, 3.63) is 167 Å². The van der Waals surface area contributed by atoms with E-state index in [1.165, 1.54) is 11.1 Å². The highest BCUT2D eigenvalue weighted by Crippen LogP contribution is 2.31. The van der Waals surface area contributed by atoms with Gasteiger partial charge in [0.05, 0.1) is 11.4 Å². The maximum Gasteiger partial charge on any atom is 0.254 e. The quantitative estimate of drug-likeness (QED) is 0.126. The minimum atomic E-state index is -0.126. The number of pyridine rings is 2. The van der Waals surface area contributed by atoms with Gasteiger partial charge in [-0.1, -0.05) is 91.0 Å². The normalized spacial score (nSPS) is 14.3. The van der Waals surface area contributed by atoms with E-state index in [1.54, 1.807) is 21.2 Å². The Balaban J connectivity index is 0.000000152. The number of amides is 4. The number of nitrogens with zero attached hydrogens (tertiary/aromatic N) is 7. The van der Waals surface area contributed by atoms with Crippen LogP contribution in [0.3, 0.4) is 0 Å². The summed E-state index contributed by atoms with van der Waals surface area (Å²) in [5.74, 6) is 0.678. The van der Waals surface area contributed by atoms with Crippen molar-refractivity contribution in [1.29, 1.82) is 0 Å². The highest BCUT2D eigenvalue weighted by atomic mass is 16.2. The molecule has 4 amide bonds. The summed E-state index contributed by atoms with van der Waals surface area (Å²) in [6.07, 6.45) is 4.60. The van der Waals surface area contributed by atoms with Crippen LogP contribution in [0.2, 0.25) is 0 Å². The Hall–Kier alpha value is -8.00. The van der Waals surface area contributed by atoms with E-state index in [4.69, 9.17) is 0 Å². The van der Waals surface area contributed by atoms with Crippen molar-refractivity contribution in [2.45, 2.75) is 45.2 Å². The summed E-state index contributed by atoms with van der Waals surface area (Å²) in [6.45, 7) is 1.85. The molecule has 2 fully saturated rings. The smallest absolute Gasteiger partial charge is 0.254 e. The van der Waals surface area contributed by atoms with Crippen molar-refractivity contribution in [3.8, 4) is 22.5 Å². The molecule has 0 spiro atoms. The monoisotopic (exact) mass is 848 g/mol. The van der Waals surface area contributed by atoms with Gasteiger partial charge in [0.1, 0.15) is 0 Å². The first-order valence-corrected chi connectivity index (χ1v) is 21.6. The number of carbonyl (C=O) groups is 4. The topological polar surface area (TPSA) is 168 Å². The van der Waals surface area contributed by atoms with E-state index in [-0.39, 0.29) is 35.5 Å². The number of aromatic nitrogens is 6. The zero-order valence-electron chi connectivity index (χ0n) is 34.9. The van der Waals surface area contributed by atoms with E-state index >= 15 is 0 Å². The predicted octanol–water partition coefficient (Wildman–Crippen LogP) is 7.62. The molecule has 3 aliphatic rings. The van der Waals surface area contributed by atoms with E-state index in [2.05, 4.69) is 54.3 Å². The highest BCUT2D eigenvalue weighted by molar-refractivity contribution is 5.96. The van der Waals surface area contributed by atoms with Gasteiger partial charge in [0.2, 0.25) is 23.7 Å². The average Bonchev–Trinajstić information content (AvgIpc) is 4.28. The molecule has 11 rings (SSSR count). The second-order valence-corrected chi connectivity index (χ2v) is 16.3. The van der Waals surface area contributed by atoms with Crippen LogP contribution < -0.4 is 16.0 Å². The molecule has 14 heteroatoms. The zero-order valence-corrected chi connectivity index (χ0v) is 34.9. The van der Waals surface area contributed by atoms with E-state index in [0.29, 0.717) is 47.4 Å². The molecule has 14 nitrogen and oxygen atoms in total. The number of hydrogen-bond acceptors (Lipinski definition) is 8. The Morgan fingerprint density at radius 3 is 1.61 bits per heavy atom. The molecule has 5 heterocycles. The van der Waals surface area contributed by atoms with Gasteiger partial charge in [-0.25, -0.2) is 9.03 Å². The molecule has 0 radical (unpaired) electrons. The van der Waals surface area contributed by atoms with Crippen molar-refractivity contribution < 1.29 is 19.2 Å². The Morgan fingerprint density at radius 2 is 1.06 bits per heavy atom. The van der Waals surface area contributed by atoms with E-state index in [0.717, 1.165) is 66.7 Å². The van der Waals surface area contributed by atoms with Crippen LogP contribution in [0.5, 0.6) is 0 Å². The second kappa shape index (κ2) is 17.4. The van der Waals surface area contributed by atoms with Gasteiger partial charge in [-0.05, 0) is 97.3 Å². The summed E-state index contributed by atoms with van der Waals surface area (Å²) < 4.78 is 3.42. The number of hydrogen-bond donors (Lipinski definition) is 3. The molecule has 4 aromatic carbocycles. The SMILES string of the molecule is O=C(NCc1ccccc1)c1ccc(-c2cccc3nc(NC(=O)C4CC4)nn23)cc1.O=C(Nc1nc2cccc(-c3ccc(C(=O)N4CCc5ccccc5C4)cc3)n2n1)C1CC1. The number of fused-ring (bicyclic) bond motifs is 3. The fourth-order valence-electron chi connectivity index (χ4n) is 7.78. The predicted molar refractivity (Wildman–Crippen MR) is 242 cm³/mol. The zero-order chi connectivity index (χ0) is 43.6. The fourth-order valence-corrected chi connectivity index (χ4v) is 7.78. The summed E-state index contributed by atoms with van der Waals surface area (Å²) in [6, 6.07) is 44.4. The molecule has 318 valence electrons. The standard InChI is InChI=1S/C26H23N5O2.C24H21N5O2/c32-24(19-10-11-19)28-26-27-23-7-3-6-22(31(23)29-26)18-8-12-20(13-9-18)25(33)30-15-14-17-4-1-2-5-21(17)16-30;30-22(25-15-16-5-2-1-3-6-16)18-11-9-17(10-12-18)20-7-4-8-21-26-24(28-29(20)21)27-23(31)19-13-14-19/h1-9,12-13,19H,10-11,14-16H2,(H,28,29,32);1-12,19H,13-15H2,(H,25,30)(H,27,28,31). The van der Waals surface area contributed by atoms with Gasteiger partial charge in [0, 0.05) is 53.7 Å². The fraction of sp³-hybridized carbons (Fsp3) is 0.200. The Kier molecular flexibility index (Phi) is 10.9. The van der Waals surface area contributed by atoms with Gasteiger partial charge in [0.15, 0.2) is 11.3 Å². The number of benzene rings is 4. The van der Waals surface area contributed by atoms with Crippen LogP contribution in [-0.4, -0.2) is 64.3 Å². The molecule has 2 saturated carbocycles. The lowest BCUT2D eigenvalue weighted by Gasteiger charge is -2.29. The minimum absolute atomic E-state index is 0.0179. The average molecular weight is 849 g/mol. The van der Waals surface area contributed by atoms with E-state index in [1.807, 2.05) is 114 Å². The first-order chi connectivity index (χ1) is 31.3. The minimum Gasteiger partial charge on any atom is -0.348 e. The Morgan fingerprint density at radius 1 is 0.547 bits per heavy atom. The van der Waals surface area contributed by atoms with Gasteiger partial charge < -0.3 is 10.2 Å². The molecule has 8 aromatic rings. The molecule has 1 aliphatic heterocycles. The molecule has 0 bridgehead atoms. The summed E-state index contributed by atoms with van der Waals surface area (Å²) in [7, 11) is 0. The van der Waals surface area contributed by atoms with Gasteiger partial charge in [-0.2, -0.15) is 9.97 Å². The lowest BCUT2D eigenvalue weighted by molar-refractivity contribution is -0.118. The van der Waals surface area contributed by atoms with E-state index in [9.17, 15) is 19.2 Å². The molecular formula is C50H44N10O4. The molecule has 0 saturated heterocycles. The van der Waals surface area contributed by atoms with E-state index < -0.39 is 0 Å². The number of anilines is 2. The first kappa shape index (κ1) is 40.1. The van der Waals surface area contributed by atoms with Crippen LogP contribution >= 0.6 is 0 Å². The Labute approximate surface area is 368 Å². The third kappa shape index (κ3) is 8.84. The summed E-state index contributed by atoms with van der Waals surface area (Å²) in [4.78, 5) is 60.4. The van der Waals surface area contributed by atoms with Crippen molar-refractivity contribution in [3.63, 3.8) is 0 Å². The van der Waals surface area contributed by atoms with Gasteiger partial charge in [-0.15, -0.1) is 10.2 Å². The molecule has 0 unspecified atom stereocenters. The second-order valence-electron chi connectivity index (χ2n) is 16.3. The van der Waals surface area contributed by atoms with Crippen LogP contribution in [0.4, 0.5) is 11.9 Å². The highest BCUT2D eigenvalue weighted by Gasteiger charge is 2.31. The number of nitrogens with one attached hydrogen (secondary N) is 3. The van der Waals surface area contributed by atoms with Crippen molar-refractivity contribution in [1.82, 2.24) is 39.4 Å². The molecular weight excluding hydrogens is 805 g/mol. The lowest BCUT2D eigenvalue weighted by Crippen LogP contribution is -2.35. The maximum absolute atomic E-state index is 13.1. The molecule has 3 N–H and O–H groups in total. The third-order valence-electron chi connectivity index (χ3n) is 11.7. The molecule has 2 aliphatic carbocycles. The Bertz CT molecular complexity index is 3030. The van der Waals surface area contributed by atoms with Crippen molar-refractivity contribution in [2.24, 2.45) is 11.8 Å². The summed E-state index contributed by atoms with van der Waals surface area (Å²) in [5, 5.41) is 17.5. The van der Waals surface area contributed by atoms with Crippen molar-refractivity contribution in [2.75, 3.05) is 17.2 Å². The van der Waals surface area contributed by atoms with Crippen LogP contribution in [0.25, 0.3) is 33.8 Å².